The average Bonchev–Trinajstić information content (AvgIpc) is 2.36. The number of non-ortho nitro benzene ring substituents is 1. The predicted molar refractivity (Wildman–Crippen MR) is 74.2 cm³/mol. The van der Waals surface area contributed by atoms with Crippen molar-refractivity contribution in [3.63, 3.8) is 0 Å². The fraction of sp³-hybridized carbons (Fsp3) is 0.273. The molecule has 0 aromatic heterocycles. The third-order valence-electron chi connectivity index (χ3n) is 2.08. The minimum Gasteiger partial charge on any atom is -0.461 e. The lowest BCUT2D eigenvalue weighted by Gasteiger charge is -2.05. The Balaban J connectivity index is 2.81. The van der Waals surface area contributed by atoms with Gasteiger partial charge in [0.2, 0.25) is 0 Å². The summed E-state index contributed by atoms with van der Waals surface area (Å²) in [6.45, 7) is 3.47. The highest BCUT2D eigenvalue weighted by molar-refractivity contribution is 9.10. The molecule has 0 saturated carbocycles. The standard InChI is InChI=1S/C11H12BrN3O4/c1-3-19-11(16)7(2)13-14-10-5-4-8(15(17)18)6-9(10)12/h4-6,14H,3H2,1-2H3/b13-7-. The molecule has 0 aliphatic carbocycles. The summed E-state index contributed by atoms with van der Waals surface area (Å²) in [7, 11) is 0. The van der Waals surface area contributed by atoms with Crippen LogP contribution in [0.5, 0.6) is 0 Å². The number of nitro groups is 1. The van der Waals surface area contributed by atoms with Gasteiger partial charge in [0.1, 0.15) is 5.71 Å². The molecular formula is C11H12BrN3O4. The minimum atomic E-state index is -0.520. The molecule has 0 heterocycles. The van der Waals surface area contributed by atoms with Crippen molar-refractivity contribution in [1.82, 2.24) is 0 Å². The van der Waals surface area contributed by atoms with E-state index in [0.717, 1.165) is 0 Å². The summed E-state index contributed by atoms with van der Waals surface area (Å²) in [5.41, 5.74) is 3.27. The highest BCUT2D eigenvalue weighted by Gasteiger charge is 2.10. The van der Waals surface area contributed by atoms with Gasteiger partial charge in [0, 0.05) is 16.6 Å². The van der Waals surface area contributed by atoms with Crippen molar-refractivity contribution in [2.24, 2.45) is 5.10 Å². The highest BCUT2D eigenvalue weighted by Crippen LogP contribution is 2.27. The van der Waals surface area contributed by atoms with Crippen LogP contribution in [0.2, 0.25) is 0 Å². The van der Waals surface area contributed by atoms with Gasteiger partial charge in [-0.25, -0.2) is 4.79 Å². The first kappa shape index (κ1) is 15.1. The number of nitrogens with zero attached hydrogens (tertiary/aromatic N) is 2. The van der Waals surface area contributed by atoms with Crippen molar-refractivity contribution in [1.29, 1.82) is 0 Å². The van der Waals surface area contributed by atoms with E-state index in [1.165, 1.54) is 25.1 Å². The molecular weight excluding hydrogens is 318 g/mol. The van der Waals surface area contributed by atoms with Gasteiger partial charge in [-0.15, -0.1) is 0 Å². The van der Waals surface area contributed by atoms with E-state index >= 15 is 0 Å². The van der Waals surface area contributed by atoms with Crippen LogP contribution in [0.15, 0.2) is 27.8 Å². The van der Waals surface area contributed by atoms with E-state index < -0.39 is 10.9 Å². The zero-order chi connectivity index (χ0) is 14.4. The number of ether oxygens (including phenoxy) is 1. The van der Waals surface area contributed by atoms with Crippen LogP contribution < -0.4 is 5.43 Å². The van der Waals surface area contributed by atoms with Crippen molar-refractivity contribution in [2.75, 3.05) is 12.0 Å². The molecule has 0 saturated heterocycles. The van der Waals surface area contributed by atoms with Crippen molar-refractivity contribution in [3.8, 4) is 0 Å². The van der Waals surface area contributed by atoms with Gasteiger partial charge in [-0.05, 0) is 35.8 Å². The van der Waals surface area contributed by atoms with Crippen LogP contribution in [0.3, 0.4) is 0 Å². The molecule has 0 atom stereocenters. The smallest absolute Gasteiger partial charge is 0.354 e. The molecule has 1 N–H and O–H groups in total. The molecule has 7 nitrogen and oxygen atoms in total. The van der Waals surface area contributed by atoms with Crippen LogP contribution in [0.1, 0.15) is 13.8 Å². The molecule has 8 heteroatoms. The summed E-state index contributed by atoms with van der Waals surface area (Å²) < 4.78 is 5.24. The first-order chi connectivity index (χ1) is 8.95. The lowest BCUT2D eigenvalue weighted by Crippen LogP contribution is -2.15. The maximum absolute atomic E-state index is 11.3. The fourth-order valence-corrected chi connectivity index (χ4v) is 1.59. The summed E-state index contributed by atoms with van der Waals surface area (Å²) in [5.74, 6) is -0.520. The molecule has 0 bridgehead atoms. The molecule has 0 unspecified atom stereocenters. The second-order valence-corrected chi connectivity index (χ2v) is 4.31. The normalized spacial score (nSPS) is 11.0. The molecule has 1 aromatic carbocycles. The van der Waals surface area contributed by atoms with Gasteiger partial charge in [0.25, 0.3) is 5.69 Å². The van der Waals surface area contributed by atoms with Crippen LogP contribution in [0.4, 0.5) is 11.4 Å². The third kappa shape index (κ3) is 4.32. The summed E-state index contributed by atoms with van der Waals surface area (Å²) in [6.07, 6.45) is 0. The number of hydrogen-bond acceptors (Lipinski definition) is 6. The molecule has 102 valence electrons. The van der Waals surface area contributed by atoms with E-state index in [4.69, 9.17) is 4.74 Å². The first-order valence-corrected chi connectivity index (χ1v) is 6.16. The van der Waals surface area contributed by atoms with Gasteiger partial charge < -0.3 is 4.74 Å². The van der Waals surface area contributed by atoms with Crippen LogP contribution in [-0.4, -0.2) is 23.2 Å². The maximum atomic E-state index is 11.3. The molecule has 1 rings (SSSR count). The Morgan fingerprint density at radius 2 is 2.26 bits per heavy atom. The quantitative estimate of drug-likeness (QED) is 0.388. The maximum Gasteiger partial charge on any atom is 0.354 e. The number of carbonyl (C=O) groups is 1. The van der Waals surface area contributed by atoms with E-state index in [-0.39, 0.29) is 18.0 Å². The molecule has 0 aliphatic heterocycles. The van der Waals surface area contributed by atoms with Crippen molar-refractivity contribution >= 4 is 39.0 Å². The lowest BCUT2D eigenvalue weighted by atomic mass is 10.3. The Hall–Kier alpha value is -1.96. The molecule has 0 amide bonds. The molecule has 0 spiro atoms. The van der Waals surface area contributed by atoms with Crippen molar-refractivity contribution in [2.45, 2.75) is 13.8 Å². The Bertz CT molecular complexity index is 531. The van der Waals surface area contributed by atoms with E-state index in [0.29, 0.717) is 10.2 Å². The van der Waals surface area contributed by atoms with E-state index in [1.807, 2.05) is 0 Å². The van der Waals surface area contributed by atoms with Gasteiger partial charge >= 0.3 is 5.97 Å². The molecule has 1 aromatic rings. The number of hydrazone groups is 1. The second-order valence-electron chi connectivity index (χ2n) is 3.45. The van der Waals surface area contributed by atoms with Crippen molar-refractivity contribution in [3.05, 3.63) is 32.8 Å². The zero-order valence-electron chi connectivity index (χ0n) is 10.3. The minimum absolute atomic E-state index is 0.0384. The highest BCUT2D eigenvalue weighted by atomic mass is 79.9. The number of halogens is 1. The molecule has 19 heavy (non-hydrogen) atoms. The van der Waals surface area contributed by atoms with Gasteiger partial charge in [-0.3, -0.25) is 15.5 Å². The molecule has 0 aliphatic rings. The lowest BCUT2D eigenvalue weighted by molar-refractivity contribution is -0.384. The van der Waals surface area contributed by atoms with Crippen LogP contribution in [-0.2, 0) is 9.53 Å². The number of hydrogen-bond donors (Lipinski definition) is 1. The summed E-state index contributed by atoms with van der Waals surface area (Å²) in [5, 5.41) is 14.4. The summed E-state index contributed by atoms with van der Waals surface area (Å²) in [4.78, 5) is 21.4. The van der Waals surface area contributed by atoms with Gasteiger partial charge in [-0.2, -0.15) is 5.10 Å². The Labute approximate surface area is 117 Å². The largest absolute Gasteiger partial charge is 0.461 e. The van der Waals surface area contributed by atoms with Gasteiger partial charge in [0.15, 0.2) is 0 Å². The van der Waals surface area contributed by atoms with Crippen LogP contribution in [0, 0.1) is 10.1 Å². The number of carbonyl (C=O) groups excluding carboxylic acids is 1. The fourth-order valence-electron chi connectivity index (χ4n) is 1.13. The number of nitrogens with one attached hydrogen (secondary N) is 1. The number of nitro benzene ring substituents is 1. The topological polar surface area (TPSA) is 93.8 Å². The molecule has 0 fully saturated rings. The summed E-state index contributed by atoms with van der Waals surface area (Å²) in [6, 6.07) is 4.17. The summed E-state index contributed by atoms with van der Waals surface area (Å²) >= 11 is 3.18. The Morgan fingerprint density at radius 1 is 1.58 bits per heavy atom. The van der Waals surface area contributed by atoms with Gasteiger partial charge in [0.05, 0.1) is 17.2 Å². The monoisotopic (exact) mass is 329 g/mol. The van der Waals surface area contributed by atoms with E-state index in [2.05, 4.69) is 26.5 Å². The second kappa shape index (κ2) is 6.83. The van der Waals surface area contributed by atoms with E-state index in [1.54, 1.807) is 6.92 Å². The third-order valence-corrected chi connectivity index (χ3v) is 2.73. The average molecular weight is 330 g/mol. The zero-order valence-corrected chi connectivity index (χ0v) is 11.9. The van der Waals surface area contributed by atoms with Crippen molar-refractivity contribution < 1.29 is 14.5 Å². The van der Waals surface area contributed by atoms with E-state index in [9.17, 15) is 14.9 Å². The van der Waals surface area contributed by atoms with Gasteiger partial charge in [-0.1, -0.05) is 0 Å². The molecule has 0 radical (unpaired) electrons. The number of anilines is 1. The van der Waals surface area contributed by atoms with Crippen LogP contribution in [0.25, 0.3) is 0 Å². The first-order valence-electron chi connectivity index (χ1n) is 5.37. The number of rotatable bonds is 5. The number of benzene rings is 1. The van der Waals surface area contributed by atoms with Crippen LogP contribution >= 0.6 is 15.9 Å². The predicted octanol–water partition coefficient (Wildman–Crippen LogP) is 2.71. The Kier molecular flexibility index (Phi) is 5.43. The number of esters is 1. The SMILES string of the molecule is CCOC(=O)/C(C)=N\Nc1ccc([N+](=O)[O-])cc1Br. The Morgan fingerprint density at radius 3 is 2.79 bits per heavy atom.